The van der Waals surface area contributed by atoms with Crippen molar-refractivity contribution in [3.05, 3.63) is 96.2 Å². The Bertz CT molecular complexity index is 1040. The number of hydrogen-bond donors (Lipinski definition) is 0. The second-order valence-electron chi connectivity index (χ2n) is 5.39. The molecule has 1 aromatic heterocycles. The Balaban J connectivity index is 1.91. The molecule has 24 heavy (non-hydrogen) atoms. The van der Waals surface area contributed by atoms with Crippen molar-refractivity contribution in [2.75, 3.05) is 0 Å². The van der Waals surface area contributed by atoms with Gasteiger partial charge in [-0.15, -0.1) is 0 Å². The molecule has 0 N–H and O–H groups in total. The van der Waals surface area contributed by atoms with Crippen LogP contribution in [-0.4, -0.2) is 9.97 Å². The first kappa shape index (κ1) is 14.2. The summed E-state index contributed by atoms with van der Waals surface area (Å²) >= 11 is 0. The molecule has 0 unspecified atom stereocenters. The molecule has 0 saturated carbocycles. The molecule has 4 aromatic rings. The predicted octanol–water partition coefficient (Wildman–Crippen LogP) is 4.70. The first-order valence-corrected chi connectivity index (χ1v) is 7.79. The highest BCUT2D eigenvalue weighted by molar-refractivity contribution is 5.79. The number of nitrogens with zero attached hydrogens (tertiary/aromatic N) is 2. The molecule has 1 heterocycles. The Morgan fingerprint density at radius 3 is 1.83 bits per heavy atom. The molecule has 0 atom stereocenters. The van der Waals surface area contributed by atoms with Crippen LogP contribution in [0.1, 0.15) is 11.3 Å². The summed E-state index contributed by atoms with van der Waals surface area (Å²) in [6.45, 7) is 0. The molecular formula is C22H14N2. The lowest BCUT2D eigenvalue weighted by atomic mass is 10.1. The summed E-state index contributed by atoms with van der Waals surface area (Å²) < 4.78 is 0. The van der Waals surface area contributed by atoms with Crippen LogP contribution in [0.25, 0.3) is 22.3 Å². The Morgan fingerprint density at radius 2 is 1.12 bits per heavy atom. The van der Waals surface area contributed by atoms with Crippen LogP contribution >= 0.6 is 0 Å². The molecule has 0 saturated heterocycles. The van der Waals surface area contributed by atoms with Gasteiger partial charge in [0.25, 0.3) is 0 Å². The molecule has 3 aromatic carbocycles. The summed E-state index contributed by atoms with van der Waals surface area (Å²) in [5, 5.41) is 0. The topological polar surface area (TPSA) is 25.8 Å². The van der Waals surface area contributed by atoms with Crippen molar-refractivity contribution in [1.29, 1.82) is 0 Å². The lowest BCUT2D eigenvalue weighted by Crippen LogP contribution is -1.95. The highest BCUT2D eigenvalue weighted by atomic mass is 14.8. The maximum atomic E-state index is 4.79. The Hall–Kier alpha value is -3.44. The monoisotopic (exact) mass is 306 g/mol. The van der Waals surface area contributed by atoms with E-state index in [1.54, 1.807) is 0 Å². The van der Waals surface area contributed by atoms with E-state index in [0.717, 1.165) is 27.9 Å². The lowest BCUT2D eigenvalue weighted by molar-refractivity contribution is 1.26. The summed E-state index contributed by atoms with van der Waals surface area (Å²) in [5.41, 5.74) is 5.23. The van der Waals surface area contributed by atoms with Crippen molar-refractivity contribution in [3.8, 4) is 23.1 Å². The maximum absolute atomic E-state index is 4.79. The fraction of sp³-hybridized carbons (Fsp3) is 0. The first-order valence-electron chi connectivity index (χ1n) is 7.79. The fourth-order valence-corrected chi connectivity index (χ4v) is 2.54. The molecule has 0 amide bonds. The minimum Gasteiger partial charge on any atom is -0.243 e. The predicted molar refractivity (Wildman–Crippen MR) is 97.4 cm³/mol. The van der Waals surface area contributed by atoms with E-state index in [1.807, 2.05) is 84.9 Å². The van der Waals surface area contributed by atoms with Crippen molar-refractivity contribution in [3.63, 3.8) is 0 Å². The number of rotatable bonds is 1. The van der Waals surface area contributed by atoms with Crippen molar-refractivity contribution in [2.24, 2.45) is 0 Å². The van der Waals surface area contributed by atoms with Gasteiger partial charge in [0.15, 0.2) is 0 Å². The molecule has 0 aliphatic carbocycles. The quantitative estimate of drug-likeness (QED) is 0.476. The van der Waals surface area contributed by atoms with Gasteiger partial charge in [-0.3, -0.25) is 0 Å². The second-order valence-corrected chi connectivity index (χ2v) is 5.39. The van der Waals surface area contributed by atoms with Gasteiger partial charge in [-0.05, 0) is 30.2 Å². The van der Waals surface area contributed by atoms with E-state index in [2.05, 4.69) is 11.8 Å². The average Bonchev–Trinajstić information content (AvgIpc) is 2.67. The zero-order valence-electron chi connectivity index (χ0n) is 13.0. The number of benzene rings is 3. The van der Waals surface area contributed by atoms with Crippen molar-refractivity contribution in [1.82, 2.24) is 9.97 Å². The van der Waals surface area contributed by atoms with Crippen LogP contribution in [0, 0.1) is 11.8 Å². The minimum absolute atomic E-state index is 0.698. The van der Waals surface area contributed by atoms with Gasteiger partial charge < -0.3 is 0 Å². The molecule has 4 rings (SSSR count). The summed E-state index contributed by atoms with van der Waals surface area (Å²) in [5.74, 6) is 6.38. The molecule has 0 spiro atoms. The molecule has 112 valence electrons. The smallest absolute Gasteiger partial charge is 0.140 e. The molecule has 2 nitrogen and oxygen atoms in total. The Labute approximate surface area is 140 Å². The zero-order valence-corrected chi connectivity index (χ0v) is 13.0. The number of aromatic nitrogens is 2. The van der Waals surface area contributed by atoms with Gasteiger partial charge in [0.2, 0.25) is 0 Å². The van der Waals surface area contributed by atoms with E-state index in [9.17, 15) is 0 Å². The third-order valence-corrected chi connectivity index (χ3v) is 3.72. The van der Waals surface area contributed by atoms with Gasteiger partial charge >= 0.3 is 0 Å². The third-order valence-electron chi connectivity index (χ3n) is 3.72. The van der Waals surface area contributed by atoms with Crippen LogP contribution in [0.5, 0.6) is 0 Å². The van der Waals surface area contributed by atoms with Crippen molar-refractivity contribution in [2.45, 2.75) is 0 Å². The second kappa shape index (κ2) is 6.36. The Kier molecular flexibility index (Phi) is 3.75. The van der Waals surface area contributed by atoms with E-state index in [1.165, 1.54) is 0 Å². The van der Waals surface area contributed by atoms with E-state index in [-0.39, 0.29) is 0 Å². The largest absolute Gasteiger partial charge is 0.243 e. The maximum Gasteiger partial charge on any atom is 0.140 e. The highest BCUT2D eigenvalue weighted by Gasteiger charge is 2.08. The SMILES string of the molecule is C(#Cc1nc2ccccc2nc1-c1ccccc1)c1ccccc1. The van der Waals surface area contributed by atoms with Gasteiger partial charge in [-0.25, -0.2) is 9.97 Å². The van der Waals surface area contributed by atoms with Crippen molar-refractivity contribution >= 4 is 11.0 Å². The first-order chi connectivity index (χ1) is 11.9. The van der Waals surface area contributed by atoms with Gasteiger partial charge in [-0.1, -0.05) is 66.6 Å². The van der Waals surface area contributed by atoms with E-state index in [0.29, 0.717) is 5.69 Å². The van der Waals surface area contributed by atoms with Crippen LogP contribution in [-0.2, 0) is 0 Å². The zero-order chi connectivity index (χ0) is 16.2. The highest BCUT2D eigenvalue weighted by Crippen LogP contribution is 2.22. The summed E-state index contributed by atoms with van der Waals surface area (Å²) in [4.78, 5) is 9.52. The molecule has 0 aliphatic heterocycles. The minimum atomic E-state index is 0.698. The van der Waals surface area contributed by atoms with E-state index >= 15 is 0 Å². The summed E-state index contributed by atoms with van der Waals surface area (Å²) in [6, 6.07) is 27.9. The van der Waals surface area contributed by atoms with Crippen LogP contribution in [0.2, 0.25) is 0 Å². The molecule has 0 aliphatic rings. The number of hydrogen-bond acceptors (Lipinski definition) is 2. The molecule has 2 heteroatoms. The van der Waals surface area contributed by atoms with Gasteiger partial charge in [-0.2, -0.15) is 0 Å². The molecular weight excluding hydrogens is 292 g/mol. The van der Waals surface area contributed by atoms with Crippen LogP contribution in [0.4, 0.5) is 0 Å². The standard InChI is InChI=1S/C22H14N2/c1-3-9-17(10-4-1)15-16-21-22(18-11-5-2-6-12-18)24-20-14-8-7-13-19(20)23-21/h1-14H. The average molecular weight is 306 g/mol. The Morgan fingerprint density at radius 1 is 0.542 bits per heavy atom. The van der Waals surface area contributed by atoms with Gasteiger partial charge in [0.1, 0.15) is 11.4 Å². The van der Waals surface area contributed by atoms with E-state index < -0.39 is 0 Å². The van der Waals surface area contributed by atoms with Crippen LogP contribution < -0.4 is 0 Å². The summed E-state index contributed by atoms with van der Waals surface area (Å²) in [7, 11) is 0. The van der Waals surface area contributed by atoms with Crippen molar-refractivity contribution < 1.29 is 0 Å². The lowest BCUT2D eigenvalue weighted by Gasteiger charge is -2.05. The fourth-order valence-electron chi connectivity index (χ4n) is 2.54. The van der Waals surface area contributed by atoms with Gasteiger partial charge in [0, 0.05) is 11.1 Å². The molecule has 0 bridgehead atoms. The third kappa shape index (κ3) is 2.88. The number of fused-ring (bicyclic) bond motifs is 1. The van der Waals surface area contributed by atoms with Crippen LogP contribution in [0.15, 0.2) is 84.9 Å². The summed E-state index contributed by atoms with van der Waals surface area (Å²) in [6.07, 6.45) is 0. The van der Waals surface area contributed by atoms with Gasteiger partial charge in [0.05, 0.1) is 11.0 Å². The molecule has 0 radical (unpaired) electrons. The van der Waals surface area contributed by atoms with E-state index in [4.69, 9.17) is 9.97 Å². The molecule has 0 fully saturated rings. The normalized spacial score (nSPS) is 10.2. The van der Waals surface area contributed by atoms with Crippen LogP contribution in [0.3, 0.4) is 0 Å². The number of para-hydroxylation sites is 2.